The minimum absolute atomic E-state index is 0.136. The van der Waals surface area contributed by atoms with Gasteiger partial charge in [-0.2, -0.15) is 0 Å². The standard InChI is InChI=1S/C14H12N4OS/c19-13(17-6-5-10-7-15-9-16-8-10)14-18-11-3-1-2-4-12(11)20-14/h1-4,7-9H,5-6H2,(H,17,19). The fourth-order valence-electron chi connectivity index (χ4n) is 1.82. The Morgan fingerprint density at radius 1 is 1.20 bits per heavy atom. The third-order valence-corrected chi connectivity index (χ3v) is 3.84. The molecule has 1 aromatic carbocycles. The van der Waals surface area contributed by atoms with Gasteiger partial charge in [0.2, 0.25) is 0 Å². The number of aromatic nitrogens is 3. The Balaban J connectivity index is 1.61. The maximum absolute atomic E-state index is 12.0. The van der Waals surface area contributed by atoms with Gasteiger partial charge in [0.05, 0.1) is 10.2 Å². The van der Waals surface area contributed by atoms with Crippen LogP contribution in [0.25, 0.3) is 10.2 Å². The van der Waals surface area contributed by atoms with Crippen LogP contribution >= 0.6 is 11.3 Å². The average molecular weight is 284 g/mol. The number of benzene rings is 1. The molecule has 3 rings (SSSR count). The van der Waals surface area contributed by atoms with Crippen LogP contribution in [0.4, 0.5) is 0 Å². The van der Waals surface area contributed by atoms with Crippen LogP contribution < -0.4 is 5.32 Å². The Hall–Kier alpha value is -2.34. The van der Waals surface area contributed by atoms with E-state index >= 15 is 0 Å². The summed E-state index contributed by atoms with van der Waals surface area (Å²) in [6, 6.07) is 7.73. The van der Waals surface area contributed by atoms with Crippen LogP contribution in [-0.2, 0) is 6.42 Å². The largest absolute Gasteiger partial charge is 0.350 e. The van der Waals surface area contributed by atoms with E-state index in [1.807, 2.05) is 24.3 Å². The first-order valence-corrected chi connectivity index (χ1v) is 7.02. The molecule has 0 aliphatic rings. The van der Waals surface area contributed by atoms with Gasteiger partial charge in [0, 0.05) is 18.9 Å². The third kappa shape index (κ3) is 2.80. The van der Waals surface area contributed by atoms with Crippen LogP contribution in [0.2, 0.25) is 0 Å². The number of nitrogens with one attached hydrogen (secondary N) is 1. The molecule has 5 nitrogen and oxygen atoms in total. The van der Waals surface area contributed by atoms with Crippen molar-refractivity contribution >= 4 is 27.5 Å². The van der Waals surface area contributed by atoms with Crippen molar-refractivity contribution in [2.45, 2.75) is 6.42 Å². The quantitative estimate of drug-likeness (QED) is 0.796. The van der Waals surface area contributed by atoms with Gasteiger partial charge in [0.1, 0.15) is 6.33 Å². The van der Waals surface area contributed by atoms with Gasteiger partial charge >= 0.3 is 0 Å². The summed E-state index contributed by atoms with van der Waals surface area (Å²) in [6.07, 6.45) is 5.69. The maximum atomic E-state index is 12.0. The second kappa shape index (κ2) is 5.75. The first-order chi connectivity index (χ1) is 9.83. The number of hydrogen-bond donors (Lipinski definition) is 1. The third-order valence-electron chi connectivity index (χ3n) is 2.80. The molecule has 0 bridgehead atoms. The lowest BCUT2D eigenvalue weighted by molar-refractivity contribution is 0.0954. The first kappa shape index (κ1) is 12.7. The topological polar surface area (TPSA) is 67.8 Å². The number of hydrogen-bond acceptors (Lipinski definition) is 5. The van der Waals surface area contributed by atoms with Crippen molar-refractivity contribution in [3.8, 4) is 0 Å². The molecule has 0 atom stereocenters. The van der Waals surface area contributed by atoms with Crippen molar-refractivity contribution in [3.05, 3.63) is 53.6 Å². The van der Waals surface area contributed by atoms with E-state index in [2.05, 4.69) is 20.3 Å². The normalized spacial score (nSPS) is 10.6. The predicted octanol–water partition coefficient (Wildman–Crippen LogP) is 2.06. The van der Waals surface area contributed by atoms with Gasteiger partial charge in [-0.3, -0.25) is 4.79 Å². The summed E-state index contributed by atoms with van der Waals surface area (Å²) in [5.74, 6) is -0.136. The zero-order valence-electron chi connectivity index (χ0n) is 10.6. The zero-order valence-corrected chi connectivity index (χ0v) is 11.4. The second-order valence-corrected chi connectivity index (χ2v) is 5.27. The minimum atomic E-state index is -0.136. The molecule has 2 aromatic heterocycles. The molecule has 0 aliphatic heterocycles. The van der Waals surface area contributed by atoms with E-state index in [9.17, 15) is 4.79 Å². The van der Waals surface area contributed by atoms with Crippen LogP contribution in [0, 0.1) is 0 Å². The highest BCUT2D eigenvalue weighted by molar-refractivity contribution is 7.20. The highest BCUT2D eigenvalue weighted by atomic mass is 32.1. The highest BCUT2D eigenvalue weighted by Crippen LogP contribution is 2.21. The Bertz CT molecular complexity index is 693. The fourth-order valence-corrected chi connectivity index (χ4v) is 2.71. The molecule has 1 N–H and O–H groups in total. The lowest BCUT2D eigenvalue weighted by Gasteiger charge is -2.02. The molecular weight excluding hydrogens is 272 g/mol. The van der Waals surface area contributed by atoms with Gasteiger partial charge in [-0.15, -0.1) is 11.3 Å². The molecular formula is C14H12N4OS. The SMILES string of the molecule is O=C(NCCc1cncnc1)c1nc2ccccc2s1. The number of thiazole rings is 1. The van der Waals surface area contributed by atoms with Gasteiger partial charge in [-0.25, -0.2) is 15.0 Å². The highest BCUT2D eigenvalue weighted by Gasteiger charge is 2.11. The van der Waals surface area contributed by atoms with Crippen LogP contribution in [-0.4, -0.2) is 27.4 Å². The van der Waals surface area contributed by atoms with E-state index in [-0.39, 0.29) is 5.91 Å². The predicted molar refractivity (Wildman–Crippen MR) is 77.7 cm³/mol. The summed E-state index contributed by atoms with van der Waals surface area (Å²) < 4.78 is 1.02. The Kier molecular flexibility index (Phi) is 3.64. The molecule has 1 amide bonds. The molecule has 0 saturated heterocycles. The Labute approximate surface area is 119 Å². The van der Waals surface area contributed by atoms with Gasteiger partial charge in [0.15, 0.2) is 5.01 Å². The molecule has 20 heavy (non-hydrogen) atoms. The van der Waals surface area contributed by atoms with Gasteiger partial charge < -0.3 is 5.32 Å². The molecule has 0 spiro atoms. The molecule has 0 saturated carbocycles. The van der Waals surface area contributed by atoms with E-state index in [0.29, 0.717) is 18.0 Å². The summed E-state index contributed by atoms with van der Waals surface area (Å²) in [6.45, 7) is 0.544. The number of rotatable bonds is 4. The maximum Gasteiger partial charge on any atom is 0.280 e. The van der Waals surface area contributed by atoms with Gasteiger partial charge in [0.25, 0.3) is 5.91 Å². The smallest absolute Gasteiger partial charge is 0.280 e. The molecule has 0 fully saturated rings. The average Bonchev–Trinajstić information content (AvgIpc) is 2.92. The van der Waals surface area contributed by atoms with Gasteiger partial charge in [-0.1, -0.05) is 12.1 Å². The van der Waals surface area contributed by atoms with Crippen LogP contribution in [0.3, 0.4) is 0 Å². The number of fused-ring (bicyclic) bond motifs is 1. The molecule has 0 unspecified atom stereocenters. The molecule has 100 valence electrons. The Morgan fingerprint density at radius 2 is 2.00 bits per heavy atom. The number of para-hydroxylation sites is 1. The second-order valence-electron chi connectivity index (χ2n) is 4.24. The van der Waals surface area contributed by atoms with E-state index in [1.54, 1.807) is 12.4 Å². The summed E-state index contributed by atoms with van der Waals surface area (Å²) in [5, 5.41) is 3.36. The lowest BCUT2D eigenvalue weighted by Crippen LogP contribution is -2.25. The van der Waals surface area contributed by atoms with Crippen molar-refractivity contribution in [2.24, 2.45) is 0 Å². The molecule has 0 radical (unpaired) electrons. The summed E-state index contributed by atoms with van der Waals surface area (Å²) >= 11 is 1.40. The van der Waals surface area contributed by atoms with Crippen LogP contribution in [0.5, 0.6) is 0 Å². The van der Waals surface area contributed by atoms with Crippen molar-refractivity contribution < 1.29 is 4.79 Å². The summed E-state index contributed by atoms with van der Waals surface area (Å²) in [4.78, 5) is 24.2. The van der Waals surface area contributed by atoms with E-state index in [4.69, 9.17) is 0 Å². The first-order valence-electron chi connectivity index (χ1n) is 6.20. The molecule has 2 heterocycles. The molecule has 0 aliphatic carbocycles. The Morgan fingerprint density at radius 3 is 2.80 bits per heavy atom. The zero-order chi connectivity index (χ0) is 13.8. The van der Waals surface area contributed by atoms with E-state index < -0.39 is 0 Å². The number of carbonyl (C=O) groups is 1. The number of amides is 1. The van der Waals surface area contributed by atoms with Crippen LogP contribution in [0.1, 0.15) is 15.4 Å². The van der Waals surface area contributed by atoms with Crippen LogP contribution in [0.15, 0.2) is 43.0 Å². The number of carbonyl (C=O) groups excluding carboxylic acids is 1. The lowest BCUT2D eigenvalue weighted by atomic mass is 10.2. The molecule has 3 aromatic rings. The minimum Gasteiger partial charge on any atom is -0.350 e. The van der Waals surface area contributed by atoms with E-state index in [1.165, 1.54) is 17.7 Å². The van der Waals surface area contributed by atoms with Crippen molar-refractivity contribution in [1.29, 1.82) is 0 Å². The summed E-state index contributed by atoms with van der Waals surface area (Å²) in [5.41, 5.74) is 1.86. The van der Waals surface area contributed by atoms with E-state index in [0.717, 1.165) is 15.8 Å². The summed E-state index contributed by atoms with van der Waals surface area (Å²) in [7, 11) is 0. The van der Waals surface area contributed by atoms with Crippen molar-refractivity contribution in [1.82, 2.24) is 20.3 Å². The van der Waals surface area contributed by atoms with Gasteiger partial charge in [-0.05, 0) is 24.1 Å². The number of nitrogens with zero attached hydrogens (tertiary/aromatic N) is 3. The van der Waals surface area contributed by atoms with Crippen molar-refractivity contribution in [2.75, 3.05) is 6.54 Å². The van der Waals surface area contributed by atoms with Crippen molar-refractivity contribution in [3.63, 3.8) is 0 Å². The monoisotopic (exact) mass is 284 g/mol. The fraction of sp³-hybridized carbons (Fsp3) is 0.143. The molecule has 6 heteroatoms.